The van der Waals surface area contributed by atoms with Crippen molar-refractivity contribution in [2.24, 2.45) is 15.4 Å². The number of carbonyl (C=O) groups excluding carboxylic acids is 1. The van der Waals surface area contributed by atoms with Crippen LogP contribution in [0.1, 0.15) is 54.0 Å². The molecular formula is C26H34ClN3O7S. The highest BCUT2D eigenvalue weighted by atomic mass is 35.5. The first kappa shape index (κ1) is 31.4. The number of amides is 1. The van der Waals surface area contributed by atoms with Crippen molar-refractivity contribution in [2.45, 2.75) is 38.9 Å². The van der Waals surface area contributed by atoms with Gasteiger partial charge in [-0.3, -0.25) is 14.9 Å². The second kappa shape index (κ2) is 14.9. The molecular weight excluding hydrogens is 534 g/mol. The van der Waals surface area contributed by atoms with Gasteiger partial charge in [0.2, 0.25) is 0 Å². The minimum atomic E-state index is -3.30. The fourth-order valence-electron chi connectivity index (χ4n) is 3.88. The molecule has 0 radical (unpaired) electrons. The number of allylic oxidation sites excluding steroid dienone is 1. The van der Waals surface area contributed by atoms with E-state index in [2.05, 4.69) is 10.9 Å². The molecule has 2 N–H and O–H groups in total. The van der Waals surface area contributed by atoms with Gasteiger partial charge in [-0.2, -0.15) is 0 Å². The van der Waals surface area contributed by atoms with Gasteiger partial charge in [0, 0.05) is 42.2 Å². The van der Waals surface area contributed by atoms with Crippen LogP contribution in [0.4, 0.5) is 5.69 Å². The maximum absolute atomic E-state index is 12.5. The quantitative estimate of drug-likeness (QED) is 0.0964. The van der Waals surface area contributed by atoms with E-state index in [4.69, 9.17) is 31.0 Å². The summed E-state index contributed by atoms with van der Waals surface area (Å²) in [5.74, 6) is -0.955. The molecule has 1 unspecified atom stereocenters. The standard InChI is InChI=1S/C26H34ClN3O7S/c1-5-8-18(2)17-38(28,34)29-25(31)20-10-13-24(23(16-20)30(32)33)37-14-7-6-9-19-15-21(27)11-12-22(19)26(35-3)36-4/h5,10-13,15-16,18,26H,1,6-9,14,17H2,2-4H3,(H2,28,29,31,34)/t18-,38?/m0/s1. The molecule has 0 fully saturated rings. The number of carbonyl (C=O) groups is 1. The van der Waals surface area contributed by atoms with Crippen molar-refractivity contribution in [3.63, 3.8) is 0 Å². The summed E-state index contributed by atoms with van der Waals surface area (Å²) in [5.41, 5.74) is 1.35. The van der Waals surface area contributed by atoms with Crippen LogP contribution in [-0.4, -0.2) is 41.6 Å². The summed E-state index contributed by atoms with van der Waals surface area (Å²) in [6.07, 6.45) is 3.70. The van der Waals surface area contributed by atoms with Crippen LogP contribution in [-0.2, 0) is 25.8 Å². The van der Waals surface area contributed by atoms with Crippen molar-refractivity contribution in [1.82, 2.24) is 0 Å². The average Bonchev–Trinajstić information content (AvgIpc) is 2.85. The molecule has 10 nitrogen and oxygen atoms in total. The molecule has 0 aliphatic heterocycles. The Balaban J connectivity index is 2.05. The lowest BCUT2D eigenvalue weighted by Crippen LogP contribution is -2.23. The Morgan fingerprint density at radius 2 is 1.95 bits per heavy atom. The van der Waals surface area contributed by atoms with Crippen LogP contribution in [0.3, 0.4) is 0 Å². The Labute approximate surface area is 228 Å². The summed E-state index contributed by atoms with van der Waals surface area (Å²) in [6.45, 7) is 5.64. The molecule has 12 heteroatoms. The molecule has 0 heterocycles. The number of hydrogen-bond acceptors (Lipinski definition) is 7. The monoisotopic (exact) mass is 567 g/mol. The van der Waals surface area contributed by atoms with Gasteiger partial charge in [0.15, 0.2) is 12.0 Å². The first-order valence-corrected chi connectivity index (χ1v) is 14.1. The van der Waals surface area contributed by atoms with E-state index in [1.54, 1.807) is 26.4 Å². The molecule has 0 spiro atoms. The van der Waals surface area contributed by atoms with Crippen LogP contribution in [0.5, 0.6) is 5.75 Å². The van der Waals surface area contributed by atoms with Crippen molar-refractivity contribution in [2.75, 3.05) is 26.6 Å². The average molecular weight is 568 g/mol. The molecule has 2 aromatic rings. The van der Waals surface area contributed by atoms with Gasteiger partial charge in [0.05, 0.1) is 11.5 Å². The van der Waals surface area contributed by atoms with Crippen LogP contribution in [0, 0.1) is 16.0 Å². The number of aryl methyl sites for hydroxylation is 1. The van der Waals surface area contributed by atoms with E-state index in [0.717, 1.165) is 17.2 Å². The Hall–Kier alpha value is -2.83. The third-order valence-corrected chi connectivity index (χ3v) is 7.37. The molecule has 2 atom stereocenters. The van der Waals surface area contributed by atoms with E-state index in [1.807, 2.05) is 19.1 Å². The highest BCUT2D eigenvalue weighted by Gasteiger charge is 2.20. The lowest BCUT2D eigenvalue weighted by molar-refractivity contribution is -0.385. The number of rotatable bonds is 15. The van der Waals surface area contributed by atoms with Gasteiger partial charge >= 0.3 is 5.69 Å². The smallest absolute Gasteiger partial charge is 0.311 e. The fraction of sp³-hybridized carbons (Fsp3) is 0.423. The topological polar surface area (TPSA) is 143 Å². The van der Waals surface area contributed by atoms with Gasteiger partial charge in [-0.25, -0.2) is 9.35 Å². The zero-order valence-corrected chi connectivity index (χ0v) is 23.3. The molecule has 2 aromatic carbocycles. The van der Waals surface area contributed by atoms with Gasteiger partial charge in [0.25, 0.3) is 5.91 Å². The Morgan fingerprint density at radius 3 is 2.58 bits per heavy atom. The lowest BCUT2D eigenvalue weighted by atomic mass is 10.0. The van der Waals surface area contributed by atoms with Crippen molar-refractivity contribution < 1.29 is 28.1 Å². The summed E-state index contributed by atoms with van der Waals surface area (Å²) in [5, 5.41) is 17.9. The normalized spacial score (nSPS) is 13.5. The molecule has 38 heavy (non-hydrogen) atoms. The van der Waals surface area contributed by atoms with E-state index < -0.39 is 32.7 Å². The predicted octanol–water partition coefficient (Wildman–Crippen LogP) is 5.64. The molecule has 0 aliphatic rings. The number of halogens is 1. The van der Waals surface area contributed by atoms with Crippen molar-refractivity contribution in [1.29, 1.82) is 0 Å². The third-order valence-electron chi connectivity index (χ3n) is 5.62. The van der Waals surface area contributed by atoms with Crippen LogP contribution < -0.4 is 9.88 Å². The van der Waals surface area contributed by atoms with Crippen LogP contribution in [0.25, 0.3) is 0 Å². The van der Waals surface area contributed by atoms with Crippen LogP contribution in [0.2, 0.25) is 5.02 Å². The highest BCUT2D eigenvalue weighted by molar-refractivity contribution is 7.91. The van der Waals surface area contributed by atoms with E-state index in [0.29, 0.717) is 30.7 Å². The largest absolute Gasteiger partial charge is 0.487 e. The Kier molecular flexibility index (Phi) is 12.3. The molecule has 0 saturated carbocycles. The van der Waals surface area contributed by atoms with Crippen LogP contribution in [0.15, 0.2) is 53.4 Å². The number of nitrogens with two attached hydrogens (primary N) is 1. The number of ether oxygens (including phenoxy) is 3. The van der Waals surface area contributed by atoms with Crippen LogP contribution >= 0.6 is 11.6 Å². The van der Waals surface area contributed by atoms with Crippen molar-refractivity contribution >= 4 is 33.1 Å². The van der Waals surface area contributed by atoms with Gasteiger partial charge < -0.3 is 14.2 Å². The number of nitro benzene ring substituents is 1. The van der Waals surface area contributed by atoms with Crippen molar-refractivity contribution in [3.8, 4) is 5.75 Å². The molecule has 0 aromatic heterocycles. The van der Waals surface area contributed by atoms with Gasteiger partial charge in [0.1, 0.15) is 9.92 Å². The number of nitrogens with zero attached hydrogens (tertiary/aromatic N) is 2. The highest BCUT2D eigenvalue weighted by Crippen LogP contribution is 2.29. The predicted molar refractivity (Wildman–Crippen MR) is 148 cm³/mol. The number of unbranched alkanes of at least 4 members (excludes halogenated alkanes) is 1. The summed E-state index contributed by atoms with van der Waals surface area (Å²) in [7, 11) is -0.190. The first-order valence-electron chi connectivity index (χ1n) is 11.9. The van der Waals surface area contributed by atoms with E-state index in [1.165, 1.54) is 12.1 Å². The summed E-state index contributed by atoms with van der Waals surface area (Å²) >= 11 is 6.15. The number of benzene rings is 2. The van der Waals surface area contributed by atoms with Crippen molar-refractivity contribution in [3.05, 3.63) is 80.9 Å². The maximum Gasteiger partial charge on any atom is 0.311 e. The second-order valence-electron chi connectivity index (χ2n) is 8.77. The molecule has 2 rings (SSSR count). The van der Waals surface area contributed by atoms with E-state index >= 15 is 0 Å². The van der Waals surface area contributed by atoms with Gasteiger partial charge in [-0.05, 0) is 61.4 Å². The lowest BCUT2D eigenvalue weighted by Gasteiger charge is -2.18. The SMILES string of the molecule is C=CC[C@H](C)CS(N)(=O)=NC(=O)c1ccc(OCCCCc2cc(Cl)ccc2C(OC)OC)c([N+](=O)[O-])c1. The molecule has 1 amide bonds. The molecule has 0 saturated heterocycles. The van der Waals surface area contributed by atoms with Gasteiger partial charge in [-0.15, -0.1) is 10.9 Å². The summed E-state index contributed by atoms with van der Waals surface area (Å²) < 4.78 is 32.5. The second-order valence-corrected chi connectivity index (χ2v) is 11.1. The zero-order chi connectivity index (χ0) is 28.3. The number of hydrogen-bond donors (Lipinski definition) is 1. The Bertz CT molecular complexity index is 1260. The summed E-state index contributed by atoms with van der Waals surface area (Å²) in [4.78, 5) is 23.5. The zero-order valence-electron chi connectivity index (χ0n) is 21.8. The summed E-state index contributed by atoms with van der Waals surface area (Å²) in [6, 6.07) is 9.20. The van der Waals surface area contributed by atoms with E-state index in [9.17, 15) is 19.1 Å². The minimum absolute atomic E-state index is 0.00230. The molecule has 0 bridgehead atoms. The number of methoxy groups -OCH3 is 2. The van der Waals surface area contributed by atoms with Gasteiger partial charge in [-0.1, -0.05) is 30.7 Å². The minimum Gasteiger partial charge on any atom is -0.487 e. The maximum atomic E-state index is 12.5. The molecule has 0 aliphatic carbocycles. The molecule has 208 valence electrons. The van der Waals surface area contributed by atoms with E-state index in [-0.39, 0.29) is 29.6 Å². The first-order chi connectivity index (χ1) is 18.0. The Morgan fingerprint density at radius 1 is 1.24 bits per heavy atom. The number of nitro groups is 1. The third kappa shape index (κ3) is 9.48. The fourth-order valence-corrected chi connectivity index (χ4v) is 5.48.